The van der Waals surface area contributed by atoms with Crippen LogP contribution in [0.1, 0.15) is 78.7 Å². The van der Waals surface area contributed by atoms with Crippen molar-refractivity contribution in [3.05, 3.63) is 79.9 Å². The van der Waals surface area contributed by atoms with Crippen molar-refractivity contribution in [2.24, 2.45) is 0 Å². The second-order valence-electron chi connectivity index (χ2n) is 11.2. The van der Waals surface area contributed by atoms with E-state index in [0.717, 1.165) is 5.56 Å². The van der Waals surface area contributed by atoms with Crippen LogP contribution in [-0.4, -0.2) is 57.1 Å². The number of ether oxygens (including phenoxy) is 4. The van der Waals surface area contributed by atoms with Crippen LogP contribution in [0.2, 0.25) is 0 Å². The van der Waals surface area contributed by atoms with Crippen LogP contribution in [0.3, 0.4) is 0 Å². The van der Waals surface area contributed by atoms with Crippen molar-refractivity contribution in [2.45, 2.75) is 90.4 Å². The van der Waals surface area contributed by atoms with E-state index >= 15 is 0 Å². The minimum atomic E-state index is -1.27. The molecule has 1 fully saturated rings. The van der Waals surface area contributed by atoms with E-state index in [1.165, 1.54) is 50.2 Å². The van der Waals surface area contributed by atoms with Crippen LogP contribution < -0.4 is 0 Å². The molecule has 1 aliphatic rings. The first-order valence-electron chi connectivity index (χ1n) is 12.5. The fourth-order valence-electron chi connectivity index (χ4n) is 3.65. The van der Waals surface area contributed by atoms with Crippen molar-refractivity contribution < 1.29 is 39.0 Å². The highest BCUT2D eigenvalue weighted by Crippen LogP contribution is 2.45. The molecule has 2 unspecified atom stereocenters. The summed E-state index contributed by atoms with van der Waals surface area (Å²) in [7, 11) is 3.23. The van der Waals surface area contributed by atoms with E-state index in [1.807, 2.05) is 41.5 Å². The van der Waals surface area contributed by atoms with Crippen LogP contribution in [0, 0.1) is 20.2 Å². The standard InChI is InChI=1S/C13H17NO4.C10H13NO4.C5H12O2/c1-12(2)11(17-13(3,4)18-12)9-5-7-10(8-6-9)14(15)16;1-10(2,13)9(12)7-3-5-8(6-4-7)11(14)15;1-5(2,6-3)7-4/h5-8,11H,1-4H3;3-6,9,12-13H,1-2H3;1-4H3. The van der Waals surface area contributed by atoms with Gasteiger partial charge in [0.1, 0.15) is 12.2 Å². The van der Waals surface area contributed by atoms with Crippen molar-refractivity contribution in [2.75, 3.05) is 14.2 Å². The Morgan fingerprint density at radius 2 is 1.25 bits per heavy atom. The Balaban J connectivity index is 0.000000329. The van der Waals surface area contributed by atoms with E-state index in [1.54, 1.807) is 26.4 Å². The van der Waals surface area contributed by atoms with Crippen molar-refractivity contribution in [3.8, 4) is 0 Å². The Bertz CT molecular complexity index is 1100. The zero-order valence-corrected chi connectivity index (χ0v) is 24.8. The maximum Gasteiger partial charge on any atom is 0.269 e. The van der Waals surface area contributed by atoms with Gasteiger partial charge in [0.25, 0.3) is 11.4 Å². The number of non-ortho nitro benzene ring substituents is 2. The number of methoxy groups -OCH3 is 2. The number of rotatable bonds is 7. The Morgan fingerprint density at radius 3 is 1.52 bits per heavy atom. The van der Waals surface area contributed by atoms with Gasteiger partial charge in [-0.05, 0) is 90.8 Å². The summed E-state index contributed by atoms with van der Waals surface area (Å²) in [5.41, 5.74) is -0.351. The molecular formula is C28H42N2O10. The zero-order valence-electron chi connectivity index (χ0n) is 24.8. The topological polar surface area (TPSA) is 164 Å². The lowest BCUT2D eigenvalue weighted by molar-refractivity contribution is -0.385. The van der Waals surface area contributed by atoms with Crippen LogP contribution in [0.4, 0.5) is 11.4 Å². The van der Waals surface area contributed by atoms with Crippen molar-refractivity contribution in [1.29, 1.82) is 0 Å². The molecule has 0 amide bonds. The van der Waals surface area contributed by atoms with Gasteiger partial charge in [-0.15, -0.1) is 0 Å². The summed E-state index contributed by atoms with van der Waals surface area (Å²) in [5, 5.41) is 40.2. The second-order valence-corrected chi connectivity index (χ2v) is 11.2. The van der Waals surface area contributed by atoms with Crippen molar-refractivity contribution >= 4 is 11.4 Å². The van der Waals surface area contributed by atoms with Crippen LogP contribution in [0.15, 0.2) is 48.5 Å². The van der Waals surface area contributed by atoms with Gasteiger partial charge >= 0.3 is 0 Å². The van der Waals surface area contributed by atoms with E-state index in [9.17, 15) is 30.4 Å². The summed E-state index contributed by atoms with van der Waals surface area (Å²) in [5.74, 6) is -1.06. The zero-order chi connectivity index (χ0) is 31.1. The number of aliphatic hydroxyl groups excluding tert-OH is 1. The van der Waals surface area contributed by atoms with Crippen LogP contribution >= 0.6 is 0 Å². The Labute approximate surface area is 235 Å². The molecule has 12 heteroatoms. The number of nitro groups is 2. The average molecular weight is 567 g/mol. The number of hydrogen-bond donors (Lipinski definition) is 2. The summed E-state index contributed by atoms with van der Waals surface area (Å²) < 4.78 is 21.4. The first kappa shape index (κ1) is 35.0. The molecule has 0 spiro atoms. The molecule has 12 nitrogen and oxygen atoms in total. The predicted molar refractivity (Wildman–Crippen MR) is 149 cm³/mol. The maximum atomic E-state index is 10.6. The number of nitrogens with zero attached hydrogens (tertiary/aromatic N) is 2. The highest BCUT2D eigenvalue weighted by atomic mass is 16.8. The first-order valence-corrected chi connectivity index (χ1v) is 12.5. The van der Waals surface area contributed by atoms with E-state index in [0.29, 0.717) is 5.56 Å². The molecular weight excluding hydrogens is 524 g/mol. The highest BCUT2D eigenvalue weighted by molar-refractivity contribution is 5.35. The van der Waals surface area contributed by atoms with Gasteiger partial charge in [-0.3, -0.25) is 20.2 Å². The van der Waals surface area contributed by atoms with E-state index < -0.39 is 38.7 Å². The molecule has 2 N–H and O–H groups in total. The summed E-state index contributed by atoms with van der Waals surface area (Å²) in [6, 6.07) is 11.9. The van der Waals surface area contributed by atoms with Gasteiger partial charge in [0.05, 0.1) is 21.0 Å². The third-order valence-electron chi connectivity index (χ3n) is 6.02. The number of aliphatic hydroxyl groups is 2. The van der Waals surface area contributed by atoms with E-state index in [4.69, 9.17) is 18.9 Å². The van der Waals surface area contributed by atoms with Gasteiger partial charge in [0, 0.05) is 38.5 Å². The summed E-state index contributed by atoms with van der Waals surface area (Å²) >= 11 is 0. The molecule has 1 saturated heterocycles. The minimum absolute atomic E-state index is 0.0401. The number of benzene rings is 2. The smallest absolute Gasteiger partial charge is 0.269 e. The minimum Gasteiger partial charge on any atom is -0.387 e. The lowest BCUT2D eigenvalue weighted by Gasteiger charge is -2.24. The molecule has 0 saturated carbocycles. The van der Waals surface area contributed by atoms with Gasteiger partial charge in [-0.2, -0.15) is 0 Å². The van der Waals surface area contributed by atoms with Gasteiger partial charge in [0.15, 0.2) is 11.6 Å². The molecule has 1 heterocycles. The molecule has 3 rings (SSSR count). The average Bonchev–Trinajstić information content (AvgIpc) is 3.10. The third-order valence-corrected chi connectivity index (χ3v) is 6.02. The summed E-state index contributed by atoms with van der Waals surface area (Å²) in [4.78, 5) is 20.1. The Kier molecular flexibility index (Phi) is 11.9. The molecule has 40 heavy (non-hydrogen) atoms. The van der Waals surface area contributed by atoms with Crippen LogP contribution in [-0.2, 0) is 18.9 Å². The molecule has 1 aliphatic heterocycles. The molecule has 0 bridgehead atoms. The van der Waals surface area contributed by atoms with Gasteiger partial charge < -0.3 is 29.2 Å². The quantitative estimate of drug-likeness (QED) is 0.244. The van der Waals surface area contributed by atoms with E-state index in [2.05, 4.69) is 0 Å². The highest BCUT2D eigenvalue weighted by Gasteiger charge is 2.47. The SMILES string of the molecule is CC(C)(O)C(O)c1ccc([N+](=O)[O-])cc1.CC1(C)OC(c2ccc([N+](=O)[O-])cc2)C(C)(C)O1.COC(C)(C)OC. The Hall–Kier alpha value is -3.00. The molecule has 2 aromatic rings. The van der Waals surface area contributed by atoms with Crippen LogP contribution in [0.25, 0.3) is 0 Å². The largest absolute Gasteiger partial charge is 0.387 e. The van der Waals surface area contributed by atoms with Crippen molar-refractivity contribution in [1.82, 2.24) is 0 Å². The Morgan fingerprint density at radius 1 is 0.850 bits per heavy atom. The first-order chi connectivity index (χ1) is 18.2. The molecule has 0 radical (unpaired) electrons. The monoisotopic (exact) mass is 566 g/mol. The maximum absolute atomic E-state index is 10.6. The van der Waals surface area contributed by atoms with E-state index in [-0.39, 0.29) is 17.5 Å². The molecule has 0 aromatic heterocycles. The fraction of sp³-hybridized carbons (Fsp3) is 0.571. The second kappa shape index (κ2) is 13.6. The summed E-state index contributed by atoms with van der Waals surface area (Å²) in [6.45, 7) is 14.3. The van der Waals surface area contributed by atoms with Gasteiger partial charge in [-0.25, -0.2) is 0 Å². The predicted octanol–water partition coefficient (Wildman–Crippen LogP) is 5.61. The number of hydrogen-bond acceptors (Lipinski definition) is 10. The molecule has 224 valence electrons. The summed E-state index contributed by atoms with van der Waals surface area (Å²) in [6.07, 6.45) is -1.29. The normalized spacial score (nSPS) is 18.4. The molecule has 0 aliphatic carbocycles. The van der Waals surface area contributed by atoms with Gasteiger partial charge in [-0.1, -0.05) is 0 Å². The van der Waals surface area contributed by atoms with Gasteiger partial charge in [0.2, 0.25) is 0 Å². The lowest BCUT2D eigenvalue weighted by Crippen LogP contribution is -2.28. The van der Waals surface area contributed by atoms with Crippen LogP contribution in [0.5, 0.6) is 0 Å². The van der Waals surface area contributed by atoms with Crippen molar-refractivity contribution in [3.63, 3.8) is 0 Å². The lowest BCUT2D eigenvalue weighted by atomic mass is 9.95. The third kappa shape index (κ3) is 10.5. The molecule has 2 atom stereocenters. The number of nitro benzene ring substituents is 2. The molecule has 2 aromatic carbocycles. The fourth-order valence-corrected chi connectivity index (χ4v) is 3.65.